The summed E-state index contributed by atoms with van der Waals surface area (Å²) < 4.78 is 0. The van der Waals surface area contributed by atoms with E-state index >= 15 is 0 Å². The number of anilines is 1. The van der Waals surface area contributed by atoms with Crippen LogP contribution in [0.1, 0.15) is 74.6 Å². The molecular formula is C21H32N2OS2. The summed E-state index contributed by atoms with van der Waals surface area (Å²) in [4.78, 5) is 13.8. The van der Waals surface area contributed by atoms with Crippen molar-refractivity contribution in [2.24, 2.45) is 5.73 Å². The molecule has 3 nitrogen and oxygen atoms in total. The lowest BCUT2D eigenvalue weighted by molar-refractivity contribution is 0.100. The van der Waals surface area contributed by atoms with Crippen molar-refractivity contribution in [3.8, 4) is 0 Å². The molecule has 3 rings (SSSR count). The topological polar surface area (TPSA) is 46.3 Å². The van der Waals surface area contributed by atoms with Gasteiger partial charge in [0, 0.05) is 21.8 Å². The number of nitrogens with zero attached hydrogens (tertiary/aromatic N) is 1. The van der Waals surface area contributed by atoms with E-state index in [1.165, 1.54) is 69.9 Å². The Morgan fingerprint density at radius 2 is 1.31 bits per heavy atom. The lowest BCUT2D eigenvalue weighted by Gasteiger charge is -2.30. The number of rotatable bonds is 8. The Labute approximate surface area is 166 Å². The van der Waals surface area contributed by atoms with Crippen molar-refractivity contribution in [2.45, 2.75) is 74.7 Å². The molecule has 2 aliphatic carbocycles. The maximum absolute atomic E-state index is 11.3. The number of hydrogen-bond acceptors (Lipinski definition) is 4. The van der Waals surface area contributed by atoms with Gasteiger partial charge in [-0.15, -0.1) is 23.5 Å². The predicted molar refractivity (Wildman–Crippen MR) is 116 cm³/mol. The molecule has 0 aromatic heterocycles. The van der Waals surface area contributed by atoms with Gasteiger partial charge in [0.2, 0.25) is 5.91 Å². The lowest BCUT2D eigenvalue weighted by Crippen LogP contribution is -2.26. The van der Waals surface area contributed by atoms with Gasteiger partial charge >= 0.3 is 0 Å². The first-order valence-electron chi connectivity index (χ1n) is 10.1. The zero-order valence-electron chi connectivity index (χ0n) is 15.7. The van der Waals surface area contributed by atoms with Crippen molar-refractivity contribution < 1.29 is 4.79 Å². The van der Waals surface area contributed by atoms with Crippen LogP contribution in [0.15, 0.2) is 24.3 Å². The number of primary amides is 1. The molecule has 5 heteroatoms. The molecule has 1 amide bonds. The van der Waals surface area contributed by atoms with Gasteiger partial charge in [-0.3, -0.25) is 4.79 Å². The minimum atomic E-state index is -0.351. The average molecular weight is 393 g/mol. The van der Waals surface area contributed by atoms with Crippen LogP contribution in [0.5, 0.6) is 0 Å². The van der Waals surface area contributed by atoms with Gasteiger partial charge in [0.1, 0.15) is 0 Å². The summed E-state index contributed by atoms with van der Waals surface area (Å²) >= 11 is 4.24. The SMILES string of the molecule is NC(=O)c1ccc(N(CSC2CCCCC2)CSC2CCCCC2)cc1. The Balaban J connectivity index is 1.60. The molecule has 0 heterocycles. The Hall–Kier alpha value is -0.810. The fraction of sp³-hybridized carbons (Fsp3) is 0.667. The minimum Gasteiger partial charge on any atom is -0.366 e. The van der Waals surface area contributed by atoms with Gasteiger partial charge in [-0.2, -0.15) is 0 Å². The second kappa shape index (κ2) is 10.5. The zero-order chi connectivity index (χ0) is 18.2. The summed E-state index contributed by atoms with van der Waals surface area (Å²) in [6.07, 6.45) is 13.9. The van der Waals surface area contributed by atoms with Gasteiger partial charge in [0.25, 0.3) is 0 Å². The first-order valence-corrected chi connectivity index (χ1v) is 12.2. The molecule has 2 saturated carbocycles. The lowest BCUT2D eigenvalue weighted by atomic mass is 10.0. The van der Waals surface area contributed by atoms with E-state index in [4.69, 9.17) is 5.73 Å². The standard InChI is InChI=1S/C21H32N2OS2/c22-21(24)17-11-13-18(14-12-17)23(15-25-19-7-3-1-4-8-19)16-26-20-9-5-2-6-10-20/h11-14,19-20H,1-10,15-16H2,(H2,22,24). The third kappa shape index (κ3) is 6.12. The predicted octanol–water partition coefficient (Wildman–Crippen LogP) is 5.64. The first-order chi connectivity index (χ1) is 12.7. The Morgan fingerprint density at radius 3 is 1.73 bits per heavy atom. The molecule has 1 aromatic carbocycles. The van der Waals surface area contributed by atoms with Crippen molar-refractivity contribution in [1.82, 2.24) is 0 Å². The number of hydrogen-bond donors (Lipinski definition) is 1. The Morgan fingerprint density at radius 1 is 0.846 bits per heavy atom. The fourth-order valence-electron chi connectivity index (χ4n) is 3.88. The van der Waals surface area contributed by atoms with Crippen LogP contribution in [0.3, 0.4) is 0 Å². The van der Waals surface area contributed by atoms with E-state index in [1.54, 1.807) is 0 Å². The molecule has 0 aliphatic heterocycles. The van der Waals surface area contributed by atoms with Crippen molar-refractivity contribution in [3.05, 3.63) is 29.8 Å². The van der Waals surface area contributed by atoms with E-state index in [0.29, 0.717) is 5.56 Å². The Kier molecular flexibility index (Phi) is 8.06. The highest BCUT2D eigenvalue weighted by atomic mass is 32.2. The quantitative estimate of drug-likeness (QED) is 0.582. The van der Waals surface area contributed by atoms with Crippen LogP contribution in [0, 0.1) is 0 Å². The highest BCUT2D eigenvalue weighted by molar-refractivity contribution is 8.00. The summed E-state index contributed by atoms with van der Waals surface area (Å²) in [7, 11) is 0. The maximum atomic E-state index is 11.3. The minimum absolute atomic E-state index is 0.351. The maximum Gasteiger partial charge on any atom is 0.248 e. The van der Waals surface area contributed by atoms with Crippen molar-refractivity contribution in [3.63, 3.8) is 0 Å². The molecule has 144 valence electrons. The smallest absolute Gasteiger partial charge is 0.248 e. The summed E-state index contributed by atoms with van der Waals surface area (Å²) in [6, 6.07) is 7.84. The second-order valence-corrected chi connectivity index (χ2v) is 10.1. The van der Waals surface area contributed by atoms with Crippen LogP contribution in [-0.4, -0.2) is 28.2 Å². The number of amides is 1. The third-order valence-corrected chi connectivity index (χ3v) is 8.36. The van der Waals surface area contributed by atoms with Crippen molar-refractivity contribution in [1.29, 1.82) is 0 Å². The van der Waals surface area contributed by atoms with E-state index < -0.39 is 0 Å². The fourth-order valence-corrected chi connectivity index (χ4v) is 6.59. The van der Waals surface area contributed by atoms with Crippen molar-refractivity contribution >= 4 is 35.1 Å². The molecule has 1 aromatic rings. The van der Waals surface area contributed by atoms with Crippen molar-refractivity contribution in [2.75, 3.05) is 16.7 Å². The van der Waals surface area contributed by atoms with Gasteiger partial charge in [-0.05, 0) is 49.9 Å². The molecule has 0 radical (unpaired) electrons. The molecule has 2 aliphatic rings. The molecule has 0 atom stereocenters. The van der Waals surface area contributed by atoms with E-state index in [0.717, 1.165) is 22.3 Å². The van der Waals surface area contributed by atoms with E-state index in [2.05, 4.69) is 40.6 Å². The number of carbonyl (C=O) groups is 1. The molecule has 0 bridgehead atoms. The number of carbonyl (C=O) groups excluding carboxylic acids is 1. The summed E-state index contributed by atoms with van der Waals surface area (Å²) in [5.41, 5.74) is 7.19. The van der Waals surface area contributed by atoms with Gasteiger partial charge in [-0.25, -0.2) is 0 Å². The molecule has 0 spiro atoms. The largest absolute Gasteiger partial charge is 0.366 e. The second-order valence-electron chi connectivity index (χ2n) is 7.56. The highest BCUT2D eigenvalue weighted by Crippen LogP contribution is 2.33. The van der Waals surface area contributed by atoms with Crippen LogP contribution in [0.4, 0.5) is 5.69 Å². The Bertz CT molecular complexity index is 530. The monoisotopic (exact) mass is 392 g/mol. The number of thioether (sulfide) groups is 2. The van der Waals surface area contributed by atoms with E-state index in [1.807, 2.05) is 12.1 Å². The van der Waals surface area contributed by atoms with Gasteiger partial charge in [0.05, 0.1) is 11.8 Å². The number of benzene rings is 1. The zero-order valence-corrected chi connectivity index (χ0v) is 17.3. The summed E-state index contributed by atoms with van der Waals surface area (Å²) in [6.45, 7) is 0. The first kappa shape index (κ1) is 19.9. The van der Waals surface area contributed by atoms with Crippen LogP contribution >= 0.6 is 23.5 Å². The molecule has 0 saturated heterocycles. The van der Waals surface area contributed by atoms with Crippen LogP contribution < -0.4 is 10.6 Å². The van der Waals surface area contributed by atoms with E-state index in [9.17, 15) is 4.79 Å². The number of nitrogens with two attached hydrogens (primary N) is 1. The molecular weight excluding hydrogens is 360 g/mol. The molecule has 0 unspecified atom stereocenters. The normalized spacial score (nSPS) is 19.4. The van der Waals surface area contributed by atoms with Gasteiger partial charge in [0.15, 0.2) is 0 Å². The highest BCUT2D eigenvalue weighted by Gasteiger charge is 2.19. The van der Waals surface area contributed by atoms with Crippen LogP contribution in [0.25, 0.3) is 0 Å². The molecule has 26 heavy (non-hydrogen) atoms. The van der Waals surface area contributed by atoms with Crippen LogP contribution in [-0.2, 0) is 0 Å². The summed E-state index contributed by atoms with van der Waals surface area (Å²) in [5, 5.41) is 1.63. The van der Waals surface area contributed by atoms with Crippen LogP contribution in [0.2, 0.25) is 0 Å². The molecule has 2 fully saturated rings. The summed E-state index contributed by atoms with van der Waals surface area (Å²) in [5.74, 6) is 1.73. The van der Waals surface area contributed by atoms with Gasteiger partial charge < -0.3 is 10.6 Å². The van der Waals surface area contributed by atoms with Gasteiger partial charge in [-0.1, -0.05) is 38.5 Å². The molecule has 2 N–H and O–H groups in total. The third-order valence-electron chi connectivity index (χ3n) is 5.55. The van der Waals surface area contributed by atoms with E-state index in [-0.39, 0.29) is 5.91 Å². The average Bonchev–Trinajstić information content (AvgIpc) is 2.70.